The Balaban J connectivity index is 1.66. The first kappa shape index (κ1) is 17.4. The van der Waals surface area contributed by atoms with Crippen LogP contribution in [0.4, 0.5) is 15.6 Å². The Morgan fingerprint density at radius 2 is 2.24 bits per heavy atom. The van der Waals surface area contributed by atoms with Crippen molar-refractivity contribution in [3.8, 4) is 0 Å². The van der Waals surface area contributed by atoms with Crippen LogP contribution in [0.2, 0.25) is 0 Å². The summed E-state index contributed by atoms with van der Waals surface area (Å²) >= 11 is 1.49. The molecule has 2 aromatic rings. The molecule has 1 unspecified atom stereocenters. The van der Waals surface area contributed by atoms with Gasteiger partial charge in [0.1, 0.15) is 5.60 Å². The van der Waals surface area contributed by atoms with Crippen LogP contribution in [-0.4, -0.2) is 40.7 Å². The van der Waals surface area contributed by atoms with Crippen molar-refractivity contribution in [2.75, 3.05) is 18.0 Å². The number of nitrogens with one attached hydrogen (secondary N) is 1. The molecule has 134 valence electrons. The molecule has 1 aromatic carbocycles. The third-order valence-electron chi connectivity index (χ3n) is 3.75. The van der Waals surface area contributed by atoms with Gasteiger partial charge in [-0.05, 0) is 33.3 Å². The second-order valence-corrected chi connectivity index (χ2v) is 7.99. The van der Waals surface area contributed by atoms with Crippen LogP contribution >= 0.6 is 11.3 Å². The summed E-state index contributed by atoms with van der Waals surface area (Å²) in [5.74, 6) is 0. The lowest BCUT2D eigenvalue weighted by atomic mass is 10.2. The molecule has 0 spiro atoms. The number of thiazole rings is 1. The molecule has 3 rings (SSSR count). The highest BCUT2D eigenvalue weighted by molar-refractivity contribution is 7.22. The molecule has 25 heavy (non-hydrogen) atoms. The highest BCUT2D eigenvalue weighted by Crippen LogP contribution is 2.32. The number of nitro benzene ring substituents is 1. The molecular weight excluding hydrogens is 344 g/mol. The van der Waals surface area contributed by atoms with Crippen molar-refractivity contribution in [1.82, 2.24) is 10.3 Å². The van der Waals surface area contributed by atoms with Crippen LogP contribution in [0.25, 0.3) is 10.2 Å². The highest BCUT2D eigenvalue weighted by Gasteiger charge is 2.28. The van der Waals surface area contributed by atoms with Gasteiger partial charge in [0.2, 0.25) is 0 Å². The molecule has 0 aliphatic carbocycles. The second-order valence-electron chi connectivity index (χ2n) is 6.98. The molecule has 1 aromatic heterocycles. The van der Waals surface area contributed by atoms with Gasteiger partial charge in [-0.2, -0.15) is 0 Å². The molecule has 1 aliphatic rings. The van der Waals surface area contributed by atoms with E-state index in [9.17, 15) is 14.9 Å². The number of aromatic nitrogens is 1. The molecule has 0 saturated carbocycles. The van der Waals surface area contributed by atoms with E-state index in [-0.39, 0.29) is 11.7 Å². The summed E-state index contributed by atoms with van der Waals surface area (Å²) in [4.78, 5) is 28.9. The van der Waals surface area contributed by atoms with E-state index in [0.717, 1.165) is 22.8 Å². The van der Waals surface area contributed by atoms with Crippen LogP contribution in [-0.2, 0) is 4.74 Å². The Morgan fingerprint density at radius 3 is 2.92 bits per heavy atom. The van der Waals surface area contributed by atoms with Crippen molar-refractivity contribution in [2.45, 2.75) is 38.8 Å². The minimum absolute atomic E-state index is 0.00352. The molecule has 1 amide bonds. The van der Waals surface area contributed by atoms with E-state index in [4.69, 9.17) is 4.74 Å². The zero-order chi connectivity index (χ0) is 18.2. The first-order chi connectivity index (χ1) is 11.7. The monoisotopic (exact) mass is 364 g/mol. The lowest BCUT2D eigenvalue weighted by Gasteiger charge is -2.21. The summed E-state index contributed by atoms with van der Waals surface area (Å²) in [6, 6.07) is 4.69. The first-order valence-electron chi connectivity index (χ1n) is 8.01. The zero-order valence-corrected chi connectivity index (χ0v) is 15.1. The van der Waals surface area contributed by atoms with Gasteiger partial charge in [-0.15, -0.1) is 0 Å². The first-order valence-corrected chi connectivity index (χ1v) is 8.82. The van der Waals surface area contributed by atoms with E-state index in [1.54, 1.807) is 6.07 Å². The van der Waals surface area contributed by atoms with Gasteiger partial charge in [0, 0.05) is 25.2 Å². The Bertz CT molecular complexity index is 814. The van der Waals surface area contributed by atoms with Crippen LogP contribution in [0.5, 0.6) is 0 Å². The number of nitrogens with zero attached hydrogens (tertiary/aromatic N) is 3. The number of rotatable bonds is 3. The van der Waals surface area contributed by atoms with Gasteiger partial charge in [-0.3, -0.25) is 10.1 Å². The number of alkyl carbamates (subject to hydrolysis) is 1. The molecule has 1 N–H and O–H groups in total. The molecule has 9 heteroatoms. The van der Waals surface area contributed by atoms with Gasteiger partial charge < -0.3 is 15.0 Å². The number of hydrogen-bond donors (Lipinski definition) is 1. The summed E-state index contributed by atoms with van der Waals surface area (Å²) in [6.07, 6.45) is 0.384. The van der Waals surface area contributed by atoms with Crippen molar-refractivity contribution in [3.63, 3.8) is 0 Å². The van der Waals surface area contributed by atoms with E-state index in [2.05, 4.69) is 15.2 Å². The average Bonchev–Trinajstić information content (AvgIpc) is 3.10. The van der Waals surface area contributed by atoms with Crippen molar-refractivity contribution < 1.29 is 14.5 Å². The van der Waals surface area contributed by atoms with Crippen molar-refractivity contribution in [1.29, 1.82) is 0 Å². The number of benzene rings is 1. The Labute approximate surface area is 148 Å². The fourth-order valence-corrected chi connectivity index (χ4v) is 3.66. The lowest BCUT2D eigenvalue weighted by Crippen LogP contribution is -2.40. The molecule has 1 fully saturated rings. The van der Waals surface area contributed by atoms with Gasteiger partial charge in [-0.1, -0.05) is 11.3 Å². The van der Waals surface area contributed by atoms with Crippen molar-refractivity contribution in [2.24, 2.45) is 0 Å². The molecule has 2 heterocycles. The van der Waals surface area contributed by atoms with E-state index in [0.29, 0.717) is 12.1 Å². The number of amides is 1. The molecule has 1 atom stereocenters. The number of anilines is 1. The van der Waals surface area contributed by atoms with Gasteiger partial charge >= 0.3 is 6.09 Å². The summed E-state index contributed by atoms with van der Waals surface area (Å²) in [5.41, 5.74) is 0.136. The summed E-state index contributed by atoms with van der Waals surface area (Å²) < 4.78 is 6.19. The van der Waals surface area contributed by atoms with Gasteiger partial charge in [-0.25, -0.2) is 9.78 Å². The van der Waals surface area contributed by atoms with E-state index >= 15 is 0 Å². The summed E-state index contributed by atoms with van der Waals surface area (Å²) in [5, 5.41) is 14.6. The van der Waals surface area contributed by atoms with Gasteiger partial charge in [0.05, 0.1) is 21.2 Å². The minimum atomic E-state index is -0.524. The Morgan fingerprint density at radius 1 is 1.48 bits per heavy atom. The topological polar surface area (TPSA) is 97.6 Å². The standard InChI is InChI=1S/C16H20N4O4S/c1-16(2,3)24-15(21)17-10-6-7-19(9-10)14-18-12-8-11(20(22)23)4-5-13(12)25-14/h4-5,8,10H,6-7,9H2,1-3H3,(H,17,21). The quantitative estimate of drug-likeness (QED) is 0.663. The smallest absolute Gasteiger partial charge is 0.407 e. The van der Waals surface area contributed by atoms with Crippen LogP contribution in [0.1, 0.15) is 27.2 Å². The third-order valence-corrected chi connectivity index (χ3v) is 4.85. The maximum atomic E-state index is 11.9. The molecule has 0 bridgehead atoms. The largest absolute Gasteiger partial charge is 0.444 e. The van der Waals surface area contributed by atoms with Gasteiger partial charge in [0.25, 0.3) is 5.69 Å². The van der Waals surface area contributed by atoms with E-state index in [1.807, 2.05) is 20.8 Å². The molecule has 1 aliphatic heterocycles. The van der Waals surface area contributed by atoms with Crippen LogP contribution in [0, 0.1) is 10.1 Å². The summed E-state index contributed by atoms with van der Waals surface area (Å²) in [6.45, 7) is 6.89. The van der Waals surface area contributed by atoms with E-state index in [1.165, 1.54) is 23.5 Å². The number of carbonyl (C=O) groups excluding carboxylic acids is 1. The fourth-order valence-electron chi connectivity index (χ4n) is 2.68. The van der Waals surface area contributed by atoms with Crippen LogP contribution in [0.15, 0.2) is 18.2 Å². The number of carbonyl (C=O) groups is 1. The minimum Gasteiger partial charge on any atom is -0.444 e. The average molecular weight is 364 g/mol. The maximum Gasteiger partial charge on any atom is 0.407 e. The number of hydrogen-bond acceptors (Lipinski definition) is 7. The number of ether oxygens (including phenoxy) is 1. The maximum absolute atomic E-state index is 11.9. The summed E-state index contributed by atoms with van der Waals surface area (Å²) in [7, 11) is 0. The van der Waals surface area contributed by atoms with Crippen LogP contribution < -0.4 is 10.2 Å². The predicted molar refractivity (Wildman–Crippen MR) is 96.3 cm³/mol. The third kappa shape index (κ3) is 4.16. The second kappa shape index (κ2) is 6.47. The molecular formula is C16H20N4O4S. The lowest BCUT2D eigenvalue weighted by molar-refractivity contribution is -0.384. The normalized spacial score (nSPS) is 17.7. The fraction of sp³-hybridized carbons (Fsp3) is 0.500. The van der Waals surface area contributed by atoms with Crippen LogP contribution in [0.3, 0.4) is 0 Å². The molecule has 0 radical (unpaired) electrons. The molecule has 8 nitrogen and oxygen atoms in total. The number of non-ortho nitro benzene ring substituents is 1. The zero-order valence-electron chi connectivity index (χ0n) is 14.3. The highest BCUT2D eigenvalue weighted by atomic mass is 32.1. The predicted octanol–water partition coefficient (Wildman–Crippen LogP) is 3.31. The molecule has 1 saturated heterocycles. The number of nitro groups is 1. The van der Waals surface area contributed by atoms with Gasteiger partial charge in [0.15, 0.2) is 5.13 Å². The van der Waals surface area contributed by atoms with Crippen molar-refractivity contribution >= 4 is 38.5 Å². The Kier molecular flexibility index (Phi) is 4.51. The van der Waals surface area contributed by atoms with E-state index < -0.39 is 16.6 Å². The SMILES string of the molecule is CC(C)(C)OC(=O)NC1CCN(c2nc3cc([N+](=O)[O-])ccc3s2)C1. The Hall–Kier alpha value is -2.42. The van der Waals surface area contributed by atoms with Crippen molar-refractivity contribution in [3.05, 3.63) is 28.3 Å². The number of fused-ring (bicyclic) bond motifs is 1.